The van der Waals surface area contributed by atoms with E-state index in [1.807, 2.05) is 51.1 Å². The second kappa shape index (κ2) is 7.74. The number of para-hydroxylation sites is 1. The van der Waals surface area contributed by atoms with Gasteiger partial charge in [-0.15, -0.1) is 0 Å². The monoisotopic (exact) mass is 367 g/mol. The molecule has 5 nitrogen and oxygen atoms in total. The van der Waals surface area contributed by atoms with E-state index in [4.69, 9.17) is 0 Å². The first-order chi connectivity index (χ1) is 12.5. The van der Waals surface area contributed by atoms with Gasteiger partial charge >= 0.3 is 0 Å². The summed E-state index contributed by atoms with van der Waals surface area (Å²) >= 11 is 1.28. The first-order valence-electron chi connectivity index (χ1n) is 8.48. The molecule has 0 bridgehead atoms. The zero-order valence-electron chi connectivity index (χ0n) is 15.1. The number of amides is 1. The molecule has 0 radical (unpaired) electrons. The van der Waals surface area contributed by atoms with Gasteiger partial charge in [0.15, 0.2) is 5.16 Å². The average Bonchev–Trinajstić information content (AvgIpc) is 2.59. The normalized spacial score (nSPS) is 10.9. The lowest BCUT2D eigenvalue weighted by Crippen LogP contribution is -2.23. The van der Waals surface area contributed by atoms with E-state index in [2.05, 4.69) is 16.4 Å². The molecule has 0 aliphatic heterocycles. The Hall–Kier alpha value is -2.60. The molecule has 3 aromatic rings. The number of aryl methyl sites for hydroxylation is 2. The van der Waals surface area contributed by atoms with Crippen molar-refractivity contribution in [2.45, 2.75) is 32.5 Å². The molecule has 0 aliphatic carbocycles. The van der Waals surface area contributed by atoms with E-state index in [1.165, 1.54) is 11.8 Å². The van der Waals surface area contributed by atoms with Crippen LogP contribution in [-0.4, -0.2) is 21.2 Å². The lowest BCUT2D eigenvalue weighted by atomic mass is 10.1. The molecular formula is C20H21N3O2S. The Morgan fingerprint density at radius 3 is 2.54 bits per heavy atom. The van der Waals surface area contributed by atoms with E-state index >= 15 is 0 Å². The fourth-order valence-electron chi connectivity index (χ4n) is 2.91. The summed E-state index contributed by atoms with van der Waals surface area (Å²) in [5.41, 5.74) is 3.56. The highest BCUT2D eigenvalue weighted by Gasteiger charge is 2.12. The lowest BCUT2D eigenvalue weighted by Gasteiger charge is -2.11. The molecule has 0 spiro atoms. The minimum atomic E-state index is -0.120. The molecule has 0 atom stereocenters. The summed E-state index contributed by atoms with van der Waals surface area (Å²) in [6, 6.07) is 13.2. The second-order valence-corrected chi connectivity index (χ2v) is 7.12. The van der Waals surface area contributed by atoms with Crippen molar-refractivity contribution in [2.75, 3.05) is 11.1 Å². The van der Waals surface area contributed by atoms with Gasteiger partial charge in [-0.25, -0.2) is 4.98 Å². The molecule has 1 heterocycles. The predicted octanol–water partition coefficient (Wildman–Crippen LogP) is 3.76. The largest absolute Gasteiger partial charge is 0.325 e. The van der Waals surface area contributed by atoms with E-state index in [0.717, 1.165) is 16.8 Å². The summed E-state index contributed by atoms with van der Waals surface area (Å²) in [5.74, 6) is 0.0719. The number of carbonyl (C=O) groups is 1. The van der Waals surface area contributed by atoms with Gasteiger partial charge in [-0.1, -0.05) is 30.0 Å². The number of hydrogen-bond donors (Lipinski definition) is 1. The summed E-state index contributed by atoms with van der Waals surface area (Å²) in [6.45, 7) is 6.40. The van der Waals surface area contributed by atoms with Crippen molar-refractivity contribution in [1.29, 1.82) is 0 Å². The number of carbonyl (C=O) groups excluding carboxylic acids is 1. The van der Waals surface area contributed by atoms with Crippen LogP contribution in [0.25, 0.3) is 10.9 Å². The lowest BCUT2D eigenvalue weighted by molar-refractivity contribution is -0.113. The molecule has 134 valence electrons. The standard InChI is InChI=1S/C20H21N3O2S/c1-4-23-19(25)16-7-5-6-8-17(16)22-20(23)26-12-18(24)21-15-10-13(2)9-14(3)11-15/h5-11H,4,12H2,1-3H3,(H,21,24). The highest BCUT2D eigenvalue weighted by Crippen LogP contribution is 2.19. The highest BCUT2D eigenvalue weighted by molar-refractivity contribution is 7.99. The van der Waals surface area contributed by atoms with Crippen molar-refractivity contribution >= 4 is 34.3 Å². The number of aromatic nitrogens is 2. The molecular weight excluding hydrogens is 346 g/mol. The molecule has 0 aliphatic rings. The molecule has 26 heavy (non-hydrogen) atoms. The minimum Gasteiger partial charge on any atom is -0.325 e. The summed E-state index contributed by atoms with van der Waals surface area (Å²) in [7, 11) is 0. The molecule has 3 rings (SSSR count). The van der Waals surface area contributed by atoms with Gasteiger partial charge < -0.3 is 5.32 Å². The SMILES string of the molecule is CCn1c(SCC(=O)Nc2cc(C)cc(C)c2)nc2ccccc2c1=O. The Balaban J connectivity index is 1.78. The van der Waals surface area contributed by atoms with Gasteiger partial charge in [-0.3, -0.25) is 14.2 Å². The van der Waals surface area contributed by atoms with Crippen LogP contribution in [0.2, 0.25) is 0 Å². The maximum atomic E-state index is 12.6. The first-order valence-corrected chi connectivity index (χ1v) is 9.47. The van der Waals surface area contributed by atoms with Crippen LogP contribution < -0.4 is 10.9 Å². The zero-order chi connectivity index (χ0) is 18.7. The number of nitrogens with one attached hydrogen (secondary N) is 1. The van der Waals surface area contributed by atoms with Gasteiger partial charge in [0.1, 0.15) is 0 Å². The quantitative estimate of drug-likeness (QED) is 0.551. The molecule has 1 N–H and O–H groups in total. The fraction of sp³-hybridized carbons (Fsp3) is 0.250. The van der Waals surface area contributed by atoms with Crippen molar-refractivity contribution in [1.82, 2.24) is 9.55 Å². The second-order valence-electron chi connectivity index (χ2n) is 6.17. The topological polar surface area (TPSA) is 64.0 Å². The number of nitrogens with zero attached hydrogens (tertiary/aromatic N) is 2. The predicted molar refractivity (Wildman–Crippen MR) is 107 cm³/mol. The summed E-state index contributed by atoms with van der Waals surface area (Å²) in [4.78, 5) is 29.5. The van der Waals surface area contributed by atoms with Crippen LogP contribution in [0.15, 0.2) is 52.4 Å². The van der Waals surface area contributed by atoms with Crippen molar-refractivity contribution < 1.29 is 4.79 Å². The molecule has 2 aromatic carbocycles. The fourth-order valence-corrected chi connectivity index (χ4v) is 3.77. The molecule has 1 amide bonds. The van der Waals surface area contributed by atoms with Crippen LogP contribution in [0.3, 0.4) is 0 Å². The van der Waals surface area contributed by atoms with Crippen molar-refractivity contribution in [3.05, 3.63) is 63.9 Å². The third kappa shape index (κ3) is 3.96. The Morgan fingerprint density at radius 1 is 1.15 bits per heavy atom. The Kier molecular flexibility index (Phi) is 5.42. The van der Waals surface area contributed by atoms with Gasteiger partial charge in [0, 0.05) is 12.2 Å². The molecule has 0 unspecified atom stereocenters. The van der Waals surface area contributed by atoms with Crippen molar-refractivity contribution in [3.8, 4) is 0 Å². The molecule has 0 fully saturated rings. The van der Waals surface area contributed by atoms with E-state index in [9.17, 15) is 9.59 Å². The van der Waals surface area contributed by atoms with E-state index in [0.29, 0.717) is 22.6 Å². The van der Waals surface area contributed by atoms with Crippen LogP contribution >= 0.6 is 11.8 Å². The number of thioether (sulfide) groups is 1. The molecule has 1 aromatic heterocycles. The van der Waals surface area contributed by atoms with Crippen LogP contribution in [0, 0.1) is 13.8 Å². The molecule has 0 saturated carbocycles. The zero-order valence-corrected chi connectivity index (χ0v) is 15.9. The average molecular weight is 367 g/mol. The number of benzene rings is 2. The van der Waals surface area contributed by atoms with Gasteiger partial charge in [0.25, 0.3) is 5.56 Å². The van der Waals surface area contributed by atoms with Gasteiger partial charge in [0.05, 0.1) is 16.7 Å². The number of rotatable bonds is 5. The van der Waals surface area contributed by atoms with Crippen molar-refractivity contribution in [3.63, 3.8) is 0 Å². The van der Waals surface area contributed by atoms with Crippen molar-refractivity contribution in [2.24, 2.45) is 0 Å². The Morgan fingerprint density at radius 2 is 1.85 bits per heavy atom. The third-order valence-corrected chi connectivity index (χ3v) is 4.96. The Labute approximate surface area is 156 Å². The van der Waals surface area contributed by atoms with Crippen LogP contribution in [0.4, 0.5) is 5.69 Å². The third-order valence-electron chi connectivity index (χ3n) is 3.98. The van der Waals surface area contributed by atoms with Crippen LogP contribution in [0.5, 0.6) is 0 Å². The number of hydrogen-bond acceptors (Lipinski definition) is 4. The minimum absolute atomic E-state index is 0.0738. The Bertz CT molecular complexity index is 1010. The smallest absolute Gasteiger partial charge is 0.262 e. The molecule has 0 saturated heterocycles. The van der Waals surface area contributed by atoms with Crippen LogP contribution in [0.1, 0.15) is 18.1 Å². The van der Waals surface area contributed by atoms with E-state index < -0.39 is 0 Å². The van der Waals surface area contributed by atoms with Gasteiger partial charge in [-0.2, -0.15) is 0 Å². The maximum absolute atomic E-state index is 12.6. The maximum Gasteiger partial charge on any atom is 0.262 e. The van der Waals surface area contributed by atoms with Crippen LogP contribution in [-0.2, 0) is 11.3 Å². The summed E-state index contributed by atoms with van der Waals surface area (Å²) < 4.78 is 1.61. The number of anilines is 1. The van der Waals surface area contributed by atoms with Gasteiger partial charge in [0.2, 0.25) is 5.91 Å². The number of fused-ring (bicyclic) bond motifs is 1. The molecule has 6 heteroatoms. The summed E-state index contributed by atoms with van der Waals surface area (Å²) in [5, 5.41) is 4.07. The first kappa shape index (κ1) is 18.2. The summed E-state index contributed by atoms with van der Waals surface area (Å²) in [6.07, 6.45) is 0. The van der Waals surface area contributed by atoms with E-state index in [1.54, 1.807) is 10.6 Å². The van der Waals surface area contributed by atoms with E-state index in [-0.39, 0.29) is 17.2 Å². The highest BCUT2D eigenvalue weighted by atomic mass is 32.2. The van der Waals surface area contributed by atoms with Gasteiger partial charge in [-0.05, 0) is 56.2 Å².